The first kappa shape index (κ1) is 38.3. The molecule has 5 heteroatoms. The van der Waals surface area contributed by atoms with Crippen LogP contribution in [0.2, 0.25) is 0 Å². The Morgan fingerprint density at radius 1 is 0.667 bits per heavy atom. The fraction of sp³-hybridized carbons (Fsp3) is 0.757. The molecule has 0 aliphatic rings. The summed E-state index contributed by atoms with van der Waals surface area (Å²) in [6.07, 6.45) is 23.1. The largest absolute Gasteiger partial charge is 0.463 e. The number of esters is 1. The Balaban J connectivity index is 1.92. The quantitative estimate of drug-likeness (QED) is 0.0554. The van der Waals surface area contributed by atoms with Gasteiger partial charge in [-0.25, -0.2) is 0 Å². The van der Waals surface area contributed by atoms with Crippen LogP contribution in [0, 0.1) is 0 Å². The van der Waals surface area contributed by atoms with Crippen LogP contribution in [0.1, 0.15) is 143 Å². The van der Waals surface area contributed by atoms with Crippen molar-refractivity contribution < 1.29 is 23.7 Å². The fourth-order valence-electron chi connectivity index (χ4n) is 4.62. The zero-order valence-electron chi connectivity index (χ0n) is 27.9. The normalized spacial score (nSPS) is 12.3. The molecule has 0 spiro atoms. The summed E-state index contributed by atoms with van der Waals surface area (Å²) < 4.78 is 23.3. The molecule has 0 bridgehead atoms. The highest BCUT2D eigenvalue weighted by molar-refractivity contribution is 5.69. The first-order valence-corrected chi connectivity index (χ1v) is 16.9. The number of benzene rings is 1. The maximum absolute atomic E-state index is 12.0. The smallest absolute Gasteiger partial charge is 0.305 e. The van der Waals surface area contributed by atoms with Gasteiger partial charge in [0.25, 0.3) is 0 Å². The number of carbonyl (C=O) groups is 1. The van der Waals surface area contributed by atoms with Crippen molar-refractivity contribution in [3.8, 4) is 0 Å². The van der Waals surface area contributed by atoms with E-state index in [0.717, 1.165) is 25.7 Å². The van der Waals surface area contributed by atoms with Crippen LogP contribution < -0.4 is 0 Å². The second-order valence-corrected chi connectivity index (χ2v) is 12.8. The molecule has 0 heterocycles. The molecule has 0 fully saturated rings. The van der Waals surface area contributed by atoms with Crippen molar-refractivity contribution in [2.24, 2.45) is 0 Å². The average molecular weight is 589 g/mol. The molecular weight excluding hydrogens is 524 g/mol. The molecule has 0 unspecified atom stereocenters. The molecule has 1 rings (SSSR count). The highest BCUT2D eigenvalue weighted by Gasteiger charge is 2.23. The topological polar surface area (TPSA) is 54.0 Å². The maximum Gasteiger partial charge on any atom is 0.305 e. The van der Waals surface area contributed by atoms with E-state index in [2.05, 4.69) is 58.9 Å². The lowest BCUT2D eigenvalue weighted by Gasteiger charge is -2.30. The number of carbonyl (C=O) groups excluding carboxylic acids is 1. The summed E-state index contributed by atoms with van der Waals surface area (Å²) in [7, 11) is 0. The minimum absolute atomic E-state index is 0.114. The van der Waals surface area contributed by atoms with Gasteiger partial charge in [0.1, 0.15) is 6.61 Å². The molecule has 0 saturated carbocycles. The van der Waals surface area contributed by atoms with Crippen LogP contribution in [0.4, 0.5) is 0 Å². The number of unbranched alkanes of at least 4 members (excludes halogenated alkanes) is 11. The van der Waals surface area contributed by atoms with Crippen LogP contribution >= 0.6 is 0 Å². The summed E-state index contributed by atoms with van der Waals surface area (Å²) >= 11 is 0. The lowest BCUT2D eigenvalue weighted by molar-refractivity contribution is -0.145. The second kappa shape index (κ2) is 24.7. The van der Waals surface area contributed by atoms with Gasteiger partial charge in [-0.05, 0) is 78.2 Å². The summed E-state index contributed by atoms with van der Waals surface area (Å²) in [5.41, 5.74) is 0.643. The van der Waals surface area contributed by atoms with Crippen LogP contribution in [-0.2, 0) is 30.3 Å². The van der Waals surface area contributed by atoms with E-state index in [9.17, 15) is 4.79 Å². The molecule has 0 N–H and O–H groups in total. The monoisotopic (exact) mass is 588 g/mol. The third kappa shape index (κ3) is 23.8. The lowest BCUT2D eigenvalue weighted by Crippen LogP contribution is -2.31. The van der Waals surface area contributed by atoms with Crippen molar-refractivity contribution in [1.82, 2.24) is 0 Å². The summed E-state index contributed by atoms with van der Waals surface area (Å²) in [5, 5.41) is 0. The molecule has 242 valence electrons. The van der Waals surface area contributed by atoms with Crippen molar-refractivity contribution in [2.75, 3.05) is 26.4 Å². The van der Waals surface area contributed by atoms with Crippen molar-refractivity contribution in [3.05, 3.63) is 48.0 Å². The number of allylic oxidation sites excluding steroid dienone is 2. The van der Waals surface area contributed by atoms with Gasteiger partial charge in [-0.3, -0.25) is 4.79 Å². The lowest BCUT2D eigenvalue weighted by atomic mass is 10.0. The van der Waals surface area contributed by atoms with Crippen LogP contribution in [0.5, 0.6) is 0 Å². The number of hydrogen-bond acceptors (Lipinski definition) is 5. The van der Waals surface area contributed by atoms with Gasteiger partial charge in [0.15, 0.2) is 0 Å². The Morgan fingerprint density at radius 2 is 1.24 bits per heavy atom. The standard InChI is InChI=1S/C37H64O5/c1-6-7-8-9-10-11-12-13-14-15-16-17-18-19-23-26-35(38)40-32-31-39-29-27-36(2,3)41-30-28-37(4,5)42-33-34-24-21-20-22-25-34/h13-14,20-22,24-25H,6-12,15-19,23,26-33H2,1-5H3/b14-13-. The van der Waals surface area contributed by atoms with E-state index in [4.69, 9.17) is 18.9 Å². The fourth-order valence-corrected chi connectivity index (χ4v) is 4.62. The molecule has 0 aliphatic carbocycles. The van der Waals surface area contributed by atoms with Gasteiger partial charge in [-0.1, -0.05) is 101 Å². The van der Waals surface area contributed by atoms with Crippen molar-refractivity contribution in [1.29, 1.82) is 0 Å². The van der Waals surface area contributed by atoms with E-state index in [1.807, 2.05) is 18.2 Å². The molecule has 5 nitrogen and oxygen atoms in total. The Hall–Kier alpha value is -1.69. The van der Waals surface area contributed by atoms with E-state index >= 15 is 0 Å². The maximum atomic E-state index is 12.0. The van der Waals surface area contributed by atoms with Gasteiger partial charge in [-0.15, -0.1) is 0 Å². The predicted molar refractivity (Wildman–Crippen MR) is 176 cm³/mol. The van der Waals surface area contributed by atoms with Crippen LogP contribution in [0.25, 0.3) is 0 Å². The second-order valence-electron chi connectivity index (χ2n) is 12.8. The number of rotatable bonds is 28. The first-order valence-electron chi connectivity index (χ1n) is 16.9. The minimum Gasteiger partial charge on any atom is -0.463 e. The minimum atomic E-state index is -0.282. The molecule has 0 aliphatic heterocycles. The van der Waals surface area contributed by atoms with Gasteiger partial charge < -0.3 is 18.9 Å². The summed E-state index contributed by atoms with van der Waals surface area (Å²) in [4.78, 5) is 12.0. The Labute approximate surface area is 259 Å². The SMILES string of the molecule is CCCCCCCC/C=C\CCCCCCCC(=O)OCCOCCC(C)(C)OCCC(C)(C)OCc1ccccc1. The summed E-state index contributed by atoms with van der Waals surface area (Å²) in [6, 6.07) is 10.2. The number of hydrogen-bond donors (Lipinski definition) is 0. The van der Waals surface area contributed by atoms with E-state index in [1.54, 1.807) is 0 Å². The summed E-state index contributed by atoms with van der Waals surface area (Å²) in [5.74, 6) is -0.114. The highest BCUT2D eigenvalue weighted by atomic mass is 16.6. The summed E-state index contributed by atoms with van der Waals surface area (Å²) in [6.45, 7) is 13.2. The average Bonchev–Trinajstić information content (AvgIpc) is 2.96. The highest BCUT2D eigenvalue weighted by Crippen LogP contribution is 2.21. The van der Waals surface area contributed by atoms with Crippen LogP contribution in [0.3, 0.4) is 0 Å². The third-order valence-electron chi connectivity index (χ3n) is 7.65. The van der Waals surface area contributed by atoms with Gasteiger partial charge >= 0.3 is 5.97 Å². The molecule has 1 aromatic rings. The first-order chi connectivity index (χ1) is 20.2. The Morgan fingerprint density at radius 3 is 1.90 bits per heavy atom. The number of ether oxygens (including phenoxy) is 4. The molecule has 0 saturated heterocycles. The molecule has 1 aromatic carbocycles. The van der Waals surface area contributed by atoms with Crippen molar-refractivity contribution in [3.63, 3.8) is 0 Å². The van der Waals surface area contributed by atoms with Gasteiger partial charge in [0.2, 0.25) is 0 Å². The van der Waals surface area contributed by atoms with E-state index in [0.29, 0.717) is 39.5 Å². The van der Waals surface area contributed by atoms with Crippen LogP contribution in [0.15, 0.2) is 42.5 Å². The van der Waals surface area contributed by atoms with Gasteiger partial charge in [-0.2, -0.15) is 0 Å². The molecule has 0 radical (unpaired) electrons. The molecule has 42 heavy (non-hydrogen) atoms. The Kier molecular flexibility index (Phi) is 22.6. The molecule has 0 amide bonds. The van der Waals surface area contributed by atoms with Crippen molar-refractivity contribution in [2.45, 2.75) is 155 Å². The van der Waals surface area contributed by atoms with Gasteiger partial charge in [0.05, 0.1) is 31.0 Å². The molecular formula is C37H64O5. The molecule has 0 aromatic heterocycles. The zero-order valence-corrected chi connectivity index (χ0v) is 27.9. The van der Waals surface area contributed by atoms with Gasteiger partial charge in [0, 0.05) is 13.0 Å². The predicted octanol–water partition coefficient (Wildman–Crippen LogP) is 10.2. The van der Waals surface area contributed by atoms with Crippen molar-refractivity contribution >= 4 is 5.97 Å². The Bertz CT molecular complexity index is 787. The van der Waals surface area contributed by atoms with E-state index in [1.165, 1.54) is 76.2 Å². The molecule has 0 atom stereocenters. The van der Waals surface area contributed by atoms with E-state index in [-0.39, 0.29) is 17.2 Å². The third-order valence-corrected chi connectivity index (χ3v) is 7.65. The van der Waals surface area contributed by atoms with Crippen LogP contribution in [-0.4, -0.2) is 43.6 Å². The van der Waals surface area contributed by atoms with E-state index < -0.39 is 0 Å². The zero-order chi connectivity index (χ0) is 30.8.